The first-order chi connectivity index (χ1) is 8.34. The molecule has 0 saturated carbocycles. The van der Waals surface area contributed by atoms with E-state index in [-0.39, 0.29) is 5.91 Å². The van der Waals surface area contributed by atoms with Crippen molar-refractivity contribution >= 4 is 17.2 Å². The van der Waals surface area contributed by atoms with Crippen molar-refractivity contribution in [2.45, 2.75) is 19.4 Å². The summed E-state index contributed by atoms with van der Waals surface area (Å²) in [5, 5.41) is 6.91. The van der Waals surface area contributed by atoms with Crippen LogP contribution in [0, 0.1) is 0 Å². The molecule has 2 heterocycles. The van der Waals surface area contributed by atoms with Gasteiger partial charge in [0.15, 0.2) is 0 Å². The van der Waals surface area contributed by atoms with Gasteiger partial charge in [0.2, 0.25) is 5.91 Å². The second-order valence-corrected chi connectivity index (χ2v) is 4.59. The first-order valence-electron chi connectivity index (χ1n) is 5.58. The van der Waals surface area contributed by atoms with Gasteiger partial charge in [-0.25, -0.2) is 4.98 Å². The highest BCUT2D eigenvalue weighted by atomic mass is 32.1. The van der Waals surface area contributed by atoms with Crippen LogP contribution in [0.5, 0.6) is 0 Å². The number of hydrogen-bond acceptors (Lipinski definition) is 3. The standard InChI is InChI=1S/C12H15N3OS/c16-12(8-11-2-7-17-9-11)14-3-1-5-15-6-4-13-10-15/h2,4,6-7,9-10H,1,3,5,8H2,(H,14,16). The maximum Gasteiger partial charge on any atom is 0.224 e. The Balaban J connectivity index is 1.60. The van der Waals surface area contributed by atoms with Crippen LogP contribution in [0.25, 0.3) is 0 Å². The normalized spacial score (nSPS) is 10.4. The molecule has 1 amide bonds. The fraction of sp³-hybridized carbons (Fsp3) is 0.333. The zero-order valence-corrected chi connectivity index (χ0v) is 10.3. The number of aryl methyl sites for hydroxylation is 1. The number of rotatable bonds is 6. The summed E-state index contributed by atoms with van der Waals surface area (Å²) in [6.45, 7) is 1.60. The molecule has 0 aliphatic carbocycles. The van der Waals surface area contributed by atoms with Crippen LogP contribution >= 0.6 is 11.3 Å². The van der Waals surface area contributed by atoms with Crippen LogP contribution in [0.15, 0.2) is 35.5 Å². The maximum atomic E-state index is 11.5. The molecule has 0 bridgehead atoms. The highest BCUT2D eigenvalue weighted by molar-refractivity contribution is 7.07. The second kappa shape index (κ2) is 6.20. The minimum atomic E-state index is 0.0917. The fourth-order valence-electron chi connectivity index (χ4n) is 1.55. The van der Waals surface area contributed by atoms with Crippen LogP contribution in [0.2, 0.25) is 0 Å². The van der Waals surface area contributed by atoms with Crippen LogP contribution in [0.3, 0.4) is 0 Å². The summed E-state index contributed by atoms with van der Waals surface area (Å²) in [6, 6.07) is 1.98. The van der Waals surface area contributed by atoms with E-state index in [0.29, 0.717) is 13.0 Å². The molecule has 0 saturated heterocycles. The molecule has 2 rings (SSSR count). The Bertz CT molecular complexity index is 436. The molecule has 1 N–H and O–H groups in total. The molecule has 0 aliphatic rings. The predicted octanol–water partition coefficient (Wildman–Crippen LogP) is 1.69. The van der Waals surface area contributed by atoms with Crippen LogP contribution in [-0.2, 0) is 17.8 Å². The van der Waals surface area contributed by atoms with Gasteiger partial charge in [0.1, 0.15) is 0 Å². The number of aromatic nitrogens is 2. The van der Waals surface area contributed by atoms with Crippen molar-refractivity contribution < 1.29 is 4.79 Å². The van der Waals surface area contributed by atoms with Crippen molar-refractivity contribution in [2.24, 2.45) is 0 Å². The molecule has 5 heteroatoms. The molecule has 0 fully saturated rings. The van der Waals surface area contributed by atoms with Gasteiger partial charge in [-0.2, -0.15) is 11.3 Å². The van der Waals surface area contributed by atoms with E-state index >= 15 is 0 Å². The van der Waals surface area contributed by atoms with Gasteiger partial charge in [-0.3, -0.25) is 4.79 Å². The number of hydrogen-bond donors (Lipinski definition) is 1. The highest BCUT2D eigenvalue weighted by Gasteiger charge is 2.02. The first kappa shape index (κ1) is 11.9. The summed E-state index contributed by atoms with van der Waals surface area (Å²) >= 11 is 1.62. The lowest BCUT2D eigenvalue weighted by Gasteiger charge is -2.04. The minimum Gasteiger partial charge on any atom is -0.356 e. The molecule has 0 unspecified atom stereocenters. The van der Waals surface area contributed by atoms with Gasteiger partial charge in [0, 0.05) is 25.5 Å². The van der Waals surface area contributed by atoms with Gasteiger partial charge in [0.25, 0.3) is 0 Å². The van der Waals surface area contributed by atoms with E-state index < -0.39 is 0 Å². The summed E-state index contributed by atoms with van der Waals surface area (Å²) in [7, 11) is 0. The molecule has 0 aromatic carbocycles. The molecule has 4 nitrogen and oxygen atoms in total. The lowest BCUT2D eigenvalue weighted by Crippen LogP contribution is -2.26. The molecule has 0 radical (unpaired) electrons. The van der Waals surface area contributed by atoms with Gasteiger partial charge in [-0.05, 0) is 28.8 Å². The molecule has 2 aromatic rings. The maximum absolute atomic E-state index is 11.5. The zero-order valence-electron chi connectivity index (χ0n) is 9.50. The third-order valence-electron chi connectivity index (χ3n) is 2.42. The summed E-state index contributed by atoms with van der Waals surface area (Å²) < 4.78 is 2.00. The highest BCUT2D eigenvalue weighted by Crippen LogP contribution is 2.06. The Morgan fingerprint density at radius 1 is 1.53 bits per heavy atom. The summed E-state index contributed by atoms with van der Waals surface area (Å²) in [6.07, 6.45) is 6.87. The molecule has 2 aromatic heterocycles. The average molecular weight is 249 g/mol. The van der Waals surface area contributed by atoms with Crippen LogP contribution in [0.4, 0.5) is 0 Å². The average Bonchev–Trinajstić information content (AvgIpc) is 2.96. The number of carbonyl (C=O) groups excluding carboxylic acids is 1. The van der Waals surface area contributed by atoms with Gasteiger partial charge in [-0.1, -0.05) is 0 Å². The topological polar surface area (TPSA) is 46.9 Å². The number of imidazole rings is 1. The monoisotopic (exact) mass is 249 g/mol. The van der Waals surface area contributed by atoms with E-state index in [2.05, 4.69) is 10.3 Å². The van der Waals surface area contributed by atoms with Crippen molar-refractivity contribution in [3.63, 3.8) is 0 Å². The van der Waals surface area contributed by atoms with Gasteiger partial charge in [-0.15, -0.1) is 0 Å². The Morgan fingerprint density at radius 3 is 3.18 bits per heavy atom. The Hall–Kier alpha value is -1.62. The van der Waals surface area contributed by atoms with Crippen LogP contribution in [0.1, 0.15) is 12.0 Å². The van der Waals surface area contributed by atoms with Gasteiger partial charge in [0.05, 0.1) is 12.7 Å². The smallest absolute Gasteiger partial charge is 0.224 e. The van der Waals surface area contributed by atoms with Crippen molar-refractivity contribution in [1.29, 1.82) is 0 Å². The molecule has 90 valence electrons. The Labute approximate surface area is 104 Å². The second-order valence-electron chi connectivity index (χ2n) is 3.81. The zero-order chi connectivity index (χ0) is 11.9. The molecular weight excluding hydrogens is 234 g/mol. The fourth-order valence-corrected chi connectivity index (χ4v) is 2.22. The van der Waals surface area contributed by atoms with E-state index in [4.69, 9.17) is 0 Å². The molecule has 17 heavy (non-hydrogen) atoms. The number of nitrogens with one attached hydrogen (secondary N) is 1. The summed E-state index contributed by atoms with van der Waals surface area (Å²) in [4.78, 5) is 15.5. The third-order valence-corrected chi connectivity index (χ3v) is 3.15. The number of carbonyl (C=O) groups is 1. The van der Waals surface area contributed by atoms with Crippen molar-refractivity contribution in [1.82, 2.24) is 14.9 Å². The predicted molar refractivity (Wildman–Crippen MR) is 67.9 cm³/mol. The summed E-state index contributed by atoms with van der Waals surface area (Å²) in [5.41, 5.74) is 1.09. The SMILES string of the molecule is O=C(Cc1ccsc1)NCCCn1ccnc1. The minimum absolute atomic E-state index is 0.0917. The van der Waals surface area contributed by atoms with Gasteiger partial charge < -0.3 is 9.88 Å². The van der Waals surface area contributed by atoms with Crippen LogP contribution < -0.4 is 5.32 Å². The third kappa shape index (κ3) is 4.03. The van der Waals surface area contributed by atoms with E-state index in [1.165, 1.54) is 0 Å². The molecular formula is C12H15N3OS. The van der Waals surface area contributed by atoms with Crippen molar-refractivity contribution in [3.8, 4) is 0 Å². The largest absolute Gasteiger partial charge is 0.356 e. The van der Waals surface area contributed by atoms with Gasteiger partial charge >= 0.3 is 0 Å². The van der Waals surface area contributed by atoms with E-state index in [9.17, 15) is 4.79 Å². The summed E-state index contributed by atoms with van der Waals surface area (Å²) in [5.74, 6) is 0.0917. The lowest BCUT2D eigenvalue weighted by atomic mass is 10.2. The number of amides is 1. The lowest BCUT2D eigenvalue weighted by molar-refractivity contribution is -0.120. The van der Waals surface area contributed by atoms with Crippen LogP contribution in [-0.4, -0.2) is 22.0 Å². The Morgan fingerprint density at radius 2 is 2.47 bits per heavy atom. The molecule has 0 aliphatic heterocycles. The quantitative estimate of drug-likeness (QED) is 0.792. The van der Waals surface area contributed by atoms with Crippen molar-refractivity contribution in [2.75, 3.05) is 6.54 Å². The number of nitrogens with zero attached hydrogens (tertiary/aromatic N) is 2. The van der Waals surface area contributed by atoms with E-state index in [1.54, 1.807) is 23.9 Å². The Kier molecular flexibility index (Phi) is 4.32. The molecule has 0 spiro atoms. The van der Waals surface area contributed by atoms with E-state index in [1.807, 2.05) is 27.6 Å². The first-order valence-corrected chi connectivity index (χ1v) is 6.52. The number of thiophene rings is 1. The van der Waals surface area contributed by atoms with E-state index in [0.717, 1.165) is 18.5 Å². The molecule has 0 atom stereocenters. The van der Waals surface area contributed by atoms with Crippen molar-refractivity contribution in [3.05, 3.63) is 41.1 Å².